The summed E-state index contributed by atoms with van der Waals surface area (Å²) in [6, 6.07) is 19.1. The van der Waals surface area contributed by atoms with Crippen molar-refractivity contribution in [3.8, 4) is 0 Å². The van der Waals surface area contributed by atoms with Crippen LogP contribution in [0.5, 0.6) is 0 Å². The normalized spacial score (nSPS) is 21.2. The lowest BCUT2D eigenvalue weighted by atomic mass is 10.0. The van der Waals surface area contributed by atoms with E-state index in [9.17, 15) is 18.0 Å². The number of para-hydroxylation sites is 1. The molecule has 8 heteroatoms. The Morgan fingerprint density at radius 1 is 0.939 bits per heavy atom. The zero-order valence-corrected chi connectivity index (χ0v) is 19.7. The molecule has 0 aliphatic carbocycles. The Balaban J connectivity index is 1.75. The minimum absolute atomic E-state index is 0.0851. The fraction of sp³-hybridized carbons (Fsp3) is 0.200. The van der Waals surface area contributed by atoms with Gasteiger partial charge in [-0.1, -0.05) is 54.1 Å². The summed E-state index contributed by atoms with van der Waals surface area (Å²) in [5, 5.41) is 0.472. The van der Waals surface area contributed by atoms with E-state index in [1.165, 1.54) is 9.80 Å². The summed E-state index contributed by atoms with van der Waals surface area (Å²) in [7, 11) is -4.20. The number of halogens is 1. The van der Waals surface area contributed by atoms with Gasteiger partial charge in [0.15, 0.2) is 9.84 Å². The molecule has 2 amide bonds. The summed E-state index contributed by atoms with van der Waals surface area (Å²) < 4.78 is 27.3. The molecule has 1 atom stereocenters. The average molecular weight is 481 g/mol. The van der Waals surface area contributed by atoms with E-state index >= 15 is 0 Å². The SMILES string of the molecule is Cc1ccc(N2C(=O)CS(=O)(=O)[C@]23C(=O)N(Cc2ccccc2Cl)c2ccccc23)cc1C. The zero-order chi connectivity index (χ0) is 23.5. The lowest BCUT2D eigenvalue weighted by Gasteiger charge is -2.33. The Morgan fingerprint density at radius 3 is 2.36 bits per heavy atom. The number of carbonyl (C=O) groups is 2. The van der Waals surface area contributed by atoms with Crippen LogP contribution in [0.2, 0.25) is 5.02 Å². The molecule has 3 aromatic carbocycles. The quantitative estimate of drug-likeness (QED) is 0.565. The zero-order valence-electron chi connectivity index (χ0n) is 18.1. The summed E-state index contributed by atoms with van der Waals surface area (Å²) in [6.07, 6.45) is 0. The monoisotopic (exact) mass is 480 g/mol. The van der Waals surface area contributed by atoms with E-state index in [0.29, 0.717) is 22.0 Å². The van der Waals surface area contributed by atoms with E-state index in [1.807, 2.05) is 19.9 Å². The molecule has 2 heterocycles. The minimum Gasteiger partial charge on any atom is -0.304 e. The van der Waals surface area contributed by atoms with Crippen LogP contribution in [0.25, 0.3) is 0 Å². The first-order chi connectivity index (χ1) is 15.7. The molecule has 0 bridgehead atoms. The van der Waals surface area contributed by atoms with E-state index in [1.54, 1.807) is 60.7 Å². The number of amides is 2. The van der Waals surface area contributed by atoms with Crippen LogP contribution in [-0.2, 0) is 30.8 Å². The number of fused-ring (bicyclic) bond motifs is 2. The van der Waals surface area contributed by atoms with Crippen LogP contribution in [0.4, 0.5) is 11.4 Å². The maximum absolute atomic E-state index is 14.1. The number of aryl methyl sites for hydroxylation is 2. The van der Waals surface area contributed by atoms with Gasteiger partial charge in [-0.15, -0.1) is 0 Å². The summed E-state index contributed by atoms with van der Waals surface area (Å²) in [4.78, 5) is 27.7. The summed E-state index contributed by atoms with van der Waals surface area (Å²) in [5.74, 6) is -2.03. The molecule has 6 nitrogen and oxygen atoms in total. The molecule has 1 spiro atoms. The van der Waals surface area contributed by atoms with Gasteiger partial charge in [0.1, 0.15) is 5.75 Å². The van der Waals surface area contributed by atoms with Crippen LogP contribution in [0, 0.1) is 13.8 Å². The van der Waals surface area contributed by atoms with Crippen LogP contribution in [0.1, 0.15) is 22.3 Å². The first-order valence-corrected chi connectivity index (χ1v) is 12.5. The topological polar surface area (TPSA) is 74.8 Å². The van der Waals surface area contributed by atoms with Crippen LogP contribution in [-0.4, -0.2) is 26.0 Å². The van der Waals surface area contributed by atoms with Gasteiger partial charge in [0.05, 0.1) is 12.2 Å². The van der Waals surface area contributed by atoms with Crippen molar-refractivity contribution in [2.75, 3.05) is 15.6 Å². The predicted octanol–water partition coefficient (Wildman–Crippen LogP) is 4.12. The molecule has 2 aliphatic heterocycles. The fourth-order valence-electron chi connectivity index (χ4n) is 4.71. The highest BCUT2D eigenvalue weighted by atomic mass is 35.5. The van der Waals surface area contributed by atoms with Crippen molar-refractivity contribution < 1.29 is 18.0 Å². The third-order valence-electron chi connectivity index (χ3n) is 6.46. The molecule has 3 aromatic rings. The molecule has 33 heavy (non-hydrogen) atoms. The highest BCUT2D eigenvalue weighted by Crippen LogP contribution is 2.53. The van der Waals surface area contributed by atoms with Crippen molar-refractivity contribution in [1.29, 1.82) is 0 Å². The van der Waals surface area contributed by atoms with Crippen molar-refractivity contribution in [3.05, 3.63) is 94.0 Å². The molecular weight excluding hydrogens is 460 g/mol. The second-order valence-corrected chi connectivity index (χ2v) is 10.9. The van der Waals surface area contributed by atoms with Crippen LogP contribution >= 0.6 is 11.6 Å². The van der Waals surface area contributed by atoms with Crippen LogP contribution in [0.15, 0.2) is 66.7 Å². The van der Waals surface area contributed by atoms with Gasteiger partial charge >= 0.3 is 0 Å². The van der Waals surface area contributed by atoms with E-state index in [2.05, 4.69) is 0 Å². The first-order valence-electron chi connectivity index (χ1n) is 10.5. The summed E-state index contributed by atoms with van der Waals surface area (Å²) in [6.45, 7) is 3.90. The van der Waals surface area contributed by atoms with Gasteiger partial charge in [-0.05, 0) is 54.8 Å². The molecule has 2 aliphatic rings. The lowest BCUT2D eigenvalue weighted by molar-refractivity contribution is -0.123. The Kier molecular flexibility index (Phi) is 4.88. The highest BCUT2D eigenvalue weighted by molar-refractivity contribution is 7.94. The van der Waals surface area contributed by atoms with Gasteiger partial charge in [-0.3, -0.25) is 14.5 Å². The van der Waals surface area contributed by atoms with Crippen molar-refractivity contribution >= 4 is 44.6 Å². The van der Waals surface area contributed by atoms with Crippen molar-refractivity contribution in [1.82, 2.24) is 0 Å². The molecule has 1 saturated heterocycles. The van der Waals surface area contributed by atoms with Gasteiger partial charge in [-0.2, -0.15) is 0 Å². The van der Waals surface area contributed by atoms with E-state index in [4.69, 9.17) is 11.6 Å². The van der Waals surface area contributed by atoms with E-state index < -0.39 is 32.3 Å². The second kappa shape index (κ2) is 7.43. The predicted molar refractivity (Wildman–Crippen MR) is 128 cm³/mol. The second-order valence-electron chi connectivity index (χ2n) is 8.40. The number of nitrogens with zero attached hydrogens (tertiary/aromatic N) is 2. The number of sulfone groups is 1. The number of benzene rings is 3. The molecular formula is C25H21ClN2O4S. The standard InChI is InChI=1S/C25H21ClN2O4S/c1-16-11-12-19(13-17(16)2)28-23(29)15-33(31,32)25(28)20-8-4-6-10-22(20)27(24(25)30)14-18-7-3-5-9-21(18)26/h3-13H,14-15H2,1-2H3/t25-/m1/s1. The number of carbonyl (C=O) groups excluding carboxylic acids is 2. The fourth-order valence-corrected chi connectivity index (χ4v) is 6.94. The van der Waals surface area contributed by atoms with Gasteiger partial charge in [0, 0.05) is 16.3 Å². The molecule has 1 fully saturated rings. The Hall–Kier alpha value is -3.16. The Labute approximate surface area is 197 Å². The molecule has 0 unspecified atom stereocenters. The van der Waals surface area contributed by atoms with Crippen molar-refractivity contribution in [2.24, 2.45) is 0 Å². The van der Waals surface area contributed by atoms with Crippen LogP contribution in [0.3, 0.4) is 0 Å². The maximum Gasteiger partial charge on any atom is 0.274 e. The van der Waals surface area contributed by atoms with Gasteiger partial charge in [0.25, 0.3) is 10.8 Å². The molecule has 0 aromatic heterocycles. The molecule has 0 saturated carbocycles. The Morgan fingerprint density at radius 2 is 1.64 bits per heavy atom. The minimum atomic E-state index is -4.20. The molecule has 5 rings (SSSR count). The summed E-state index contributed by atoms with van der Waals surface area (Å²) >= 11 is 6.34. The van der Waals surface area contributed by atoms with Crippen molar-refractivity contribution in [2.45, 2.75) is 25.3 Å². The van der Waals surface area contributed by atoms with Gasteiger partial charge < -0.3 is 4.90 Å². The van der Waals surface area contributed by atoms with E-state index in [0.717, 1.165) is 11.1 Å². The Bertz CT molecular complexity index is 1440. The highest BCUT2D eigenvalue weighted by Gasteiger charge is 2.69. The maximum atomic E-state index is 14.1. The third-order valence-corrected chi connectivity index (χ3v) is 8.93. The number of rotatable bonds is 3. The third kappa shape index (κ3) is 2.96. The number of hydrogen-bond donors (Lipinski definition) is 0. The molecule has 0 radical (unpaired) electrons. The molecule has 0 N–H and O–H groups in total. The van der Waals surface area contributed by atoms with E-state index in [-0.39, 0.29) is 12.1 Å². The first kappa shape index (κ1) is 21.7. The van der Waals surface area contributed by atoms with Crippen LogP contribution < -0.4 is 9.80 Å². The van der Waals surface area contributed by atoms with Crippen molar-refractivity contribution in [3.63, 3.8) is 0 Å². The lowest BCUT2D eigenvalue weighted by Crippen LogP contribution is -2.54. The van der Waals surface area contributed by atoms with Gasteiger partial charge in [-0.25, -0.2) is 8.42 Å². The largest absolute Gasteiger partial charge is 0.304 e. The smallest absolute Gasteiger partial charge is 0.274 e. The average Bonchev–Trinajstić information content (AvgIpc) is 3.14. The summed E-state index contributed by atoms with van der Waals surface area (Å²) in [5.41, 5.74) is 3.69. The van der Waals surface area contributed by atoms with Gasteiger partial charge in [0.2, 0.25) is 5.91 Å². The molecule has 168 valence electrons. The number of anilines is 2. The number of hydrogen-bond acceptors (Lipinski definition) is 4.